The van der Waals surface area contributed by atoms with Crippen LogP contribution in [-0.4, -0.2) is 43.1 Å². The second-order valence-corrected chi connectivity index (χ2v) is 5.93. The number of urea groups is 1. The van der Waals surface area contributed by atoms with Crippen LogP contribution in [0.4, 0.5) is 9.93 Å². The quantitative estimate of drug-likeness (QED) is 0.893. The molecule has 0 aliphatic heterocycles. The molecule has 0 fully saturated rings. The number of benzene rings is 1. The van der Waals surface area contributed by atoms with E-state index in [1.807, 2.05) is 33.2 Å². The molecule has 0 radical (unpaired) electrons. The Balaban J connectivity index is 2.12. The molecule has 1 aromatic heterocycles. The molecular weight excluding hydrogens is 284 g/mol. The second kappa shape index (κ2) is 7.19. The first-order valence-electron chi connectivity index (χ1n) is 6.85. The van der Waals surface area contributed by atoms with Crippen molar-refractivity contribution in [3.05, 3.63) is 29.8 Å². The largest absolute Gasteiger partial charge is 0.338 e. The standard InChI is InChI=1S/C15H20N4OS/c1-4-16-14(20)18-15-17-12-8-7-11(10-13(12)21-15)6-5-9-19(2)3/h5-8,10H,4,9H2,1-3H3,(H2,16,17,18,20)/b6-5-. The third-order valence-electron chi connectivity index (χ3n) is 2.75. The van der Waals surface area contributed by atoms with Crippen LogP contribution in [0.15, 0.2) is 24.3 Å². The van der Waals surface area contributed by atoms with Crippen LogP contribution in [0.3, 0.4) is 0 Å². The summed E-state index contributed by atoms with van der Waals surface area (Å²) in [5, 5.41) is 6.05. The third kappa shape index (κ3) is 4.54. The van der Waals surface area contributed by atoms with E-state index in [2.05, 4.69) is 38.7 Å². The van der Waals surface area contributed by atoms with Crippen molar-refractivity contribution in [3.63, 3.8) is 0 Å². The number of carbonyl (C=O) groups is 1. The van der Waals surface area contributed by atoms with E-state index < -0.39 is 0 Å². The van der Waals surface area contributed by atoms with Crippen LogP contribution in [0, 0.1) is 0 Å². The summed E-state index contributed by atoms with van der Waals surface area (Å²) in [7, 11) is 4.08. The highest BCUT2D eigenvalue weighted by atomic mass is 32.1. The van der Waals surface area contributed by atoms with E-state index in [9.17, 15) is 4.79 Å². The number of aromatic nitrogens is 1. The van der Waals surface area contributed by atoms with Crippen molar-refractivity contribution < 1.29 is 4.79 Å². The maximum absolute atomic E-state index is 11.5. The highest BCUT2D eigenvalue weighted by Crippen LogP contribution is 2.27. The highest BCUT2D eigenvalue weighted by molar-refractivity contribution is 7.22. The van der Waals surface area contributed by atoms with Crippen molar-refractivity contribution in [1.82, 2.24) is 15.2 Å². The van der Waals surface area contributed by atoms with Gasteiger partial charge in [0.25, 0.3) is 0 Å². The summed E-state index contributed by atoms with van der Waals surface area (Å²) in [6, 6.07) is 5.87. The van der Waals surface area contributed by atoms with Gasteiger partial charge in [-0.2, -0.15) is 0 Å². The van der Waals surface area contributed by atoms with E-state index in [1.54, 1.807) is 0 Å². The Kier molecular flexibility index (Phi) is 5.30. The van der Waals surface area contributed by atoms with Gasteiger partial charge < -0.3 is 10.2 Å². The summed E-state index contributed by atoms with van der Waals surface area (Å²) in [6.45, 7) is 3.38. The van der Waals surface area contributed by atoms with Crippen LogP contribution in [0.25, 0.3) is 16.3 Å². The minimum absolute atomic E-state index is 0.220. The molecule has 2 aromatic rings. The number of likely N-dealkylation sites (N-methyl/N-ethyl adjacent to an activating group) is 1. The van der Waals surface area contributed by atoms with Crippen LogP contribution >= 0.6 is 11.3 Å². The maximum Gasteiger partial charge on any atom is 0.321 e. The number of hydrogen-bond donors (Lipinski definition) is 2. The summed E-state index contributed by atoms with van der Waals surface area (Å²) in [5.74, 6) is 0. The molecule has 2 rings (SSSR count). The average molecular weight is 304 g/mol. The lowest BCUT2D eigenvalue weighted by atomic mass is 10.2. The van der Waals surface area contributed by atoms with E-state index in [4.69, 9.17) is 0 Å². The van der Waals surface area contributed by atoms with Gasteiger partial charge in [0.1, 0.15) is 0 Å². The molecule has 0 saturated heterocycles. The lowest BCUT2D eigenvalue weighted by molar-refractivity contribution is 0.252. The Morgan fingerprint density at radius 1 is 1.43 bits per heavy atom. The van der Waals surface area contributed by atoms with Gasteiger partial charge in [0, 0.05) is 13.1 Å². The van der Waals surface area contributed by atoms with Gasteiger partial charge in [-0.1, -0.05) is 29.6 Å². The van der Waals surface area contributed by atoms with E-state index in [-0.39, 0.29) is 6.03 Å². The van der Waals surface area contributed by atoms with Gasteiger partial charge >= 0.3 is 6.03 Å². The Labute approximate surface area is 128 Å². The van der Waals surface area contributed by atoms with Crippen molar-refractivity contribution in [2.45, 2.75) is 6.92 Å². The number of rotatable bonds is 5. The van der Waals surface area contributed by atoms with Crippen molar-refractivity contribution in [1.29, 1.82) is 0 Å². The minimum Gasteiger partial charge on any atom is -0.338 e. The fourth-order valence-electron chi connectivity index (χ4n) is 1.80. The molecule has 2 N–H and O–H groups in total. The zero-order valence-electron chi connectivity index (χ0n) is 12.5. The van der Waals surface area contributed by atoms with Crippen molar-refractivity contribution in [3.8, 4) is 0 Å². The van der Waals surface area contributed by atoms with E-state index in [0.29, 0.717) is 11.7 Å². The molecule has 5 nitrogen and oxygen atoms in total. The van der Waals surface area contributed by atoms with Gasteiger partial charge in [-0.05, 0) is 38.7 Å². The Hall–Kier alpha value is -1.92. The average Bonchev–Trinajstić information content (AvgIpc) is 2.79. The SMILES string of the molecule is CCNC(=O)Nc1nc2ccc(/C=C\CN(C)C)cc2s1. The predicted octanol–water partition coefficient (Wildman–Crippen LogP) is 3.01. The Morgan fingerprint density at radius 3 is 2.95 bits per heavy atom. The van der Waals surface area contributed by atoms with Gasteiger partial charge in [0.2, 0.25) is 0 Å². The summed E-state index contributed by atoms with van der Waals surface area (Å²) in [6.07, 6.45) is 4.21. The fraction of sp³-hybridized carbons (Fsp3) is 0.333. The van der Waals surface area contributed by atoms with Crippen LogP contribution in [-0.2, 0) is 0 Å². The topological polar surface area (TPSA) is 57.3 Å². The molecule has 6 heteroatoms. The fourth-order valence-corrected chi connectivity index (χ4v) is 2.71. The minimum atomic E-state index is -0.220. The number of fused-ring (bicyclic) bond motifs is 1. The number of nitrogens with zero attached hydrogens (tertiary/aromatic N) is 2. The number of hydrogen-bond acceptors (Lipinski definition) is 4. The number of nitrogens with one attached hydrogen (secondary N) is 2. The molecule has 0 spiro atoms. The molecule has 1 heterocycles. The Morgan fingerprint density at radius 2 is 2.24 bits per heavy atom. The van der Waals surface area contributed by atoms with Crippen molar-refractivity contribution >= 4 is 38.8 Å². The number of thiazole rings is 1. The first kappa shape index (κ1) is 15.5. The van der Waals surface area contributed by atoms with Crippen molar-refractivity contribution in [2.75, 3.05) is 32.5 Å². The van der Waals surface area contributed by atoms with E-state index >= 15 is 0 Å². The first-order chi connectivity index (χ1) is 10.1. The summed E-state index contributed by atoms with van der Waals surface area (Å²) in [4.78, 5) is 18.0. The summed E-state index contributed by atoms with van der Waals surface area (Å²) >= 11 is 1.48. The number of carbonyl (C=O) groups excluding carboxylic acids is 1. The maximum atomic E-state index is 11.5. The van der Waals surface area contributed by atoms with Gasteiger partial charge in [0.05, 0.1) is 10.2 Å². The molecule has 112 valence electrons. The first-order valence-corrected chi connectivity index (χ1v) is 7.67. The monoisotopic (exact) mass is 304 g/mol. The molecule has 21 heavy (non-hydrogen) atoms. The van der Waals surface area contributed by atoms with E-state index in [0.717, 1.165) is 22.3 Å². The van der Waals surface area contributed by atoms with Gasteiger partial charge in [0.15, 0.2) is 5.13 Å². The lowest BCUT2D eigenvalue weighted by Gasteiger charge is -2.03. The number of amides is 2. The third-order valence-corrected chi connectivity index (χ3v) is 3.68. The molecule has 2 amide bonds. The van der Waals surface area contributed by atoms with Gasteiger partial charge in [-0.3, -0.25) is 5.32 Å². The van der Waals surface area contributed by atoms with Crippen LogP contribution < -0.4 is 10.6 Å². The van der Waals surface area contributed by atoms with Gasteiger partial charge in [-0.25, -0.2) is 9.78 Å². The molecular formula is C15H20N4OS. The Bertz CT molecular complexity index is 648. The molecule has 0 saturated carbocycles. The summed E-state index contributed by atoms with van der Waals surface area (Å²) in [5.41, 5.74) is 2.04. The smallest absolute Gasteiger partial charge is 0.321 e. The molecule has 0 aliphatic carbocycles. The van der Waals surface area contributed by atoms with Crippen LogP contribution in [0.2, 0.25) is 0 Å². The number of anilines is 1. The second-order valence-electron chi connectivity index (χ2n) is 4.90. The van der Waals surface area contributed by atoms with Crippen LogP contribution in [0.1, 0.15) is 12.5 Å². The molecule has 0 atom stereocenters. The lowest BCUT2D eigenvalue weighted by Crippen LogP contribution is -2.28. The molecule has 0 unspecified atom stereocenters. The molecule has 1 aromatic carbocycles. The zero-order valence-corrected chi connectivity index (χ0v) is 13.3. The highest BCUT2D eigenvalue weighted by Gasteiger charge is 2.06. The zero-order chi connectivity index (χ0) is 15.2. The summed E-state index contributed by atoms with van der Waals surface area (Å²) < 4.78 is 1.06. The molecule has 0 aliphatic rings. The normalized spacial score (nSPS) is 11.4. The van der Waals surface area contributed by atoms with Crippen LogP contribution in [0.5, 0.6) is 0 Å². The van der Waals surface area contributed by atoms with Crippen molar-refractivity contribution in [2.24, 2.45) is 0 Å². The van der Waals surface area contributed by atoms with Gasteiger partial charge in [-0.15, -0.1) is 0 Å². The molecule has 0 bridgehead atoms. The predicted molar refractivity (Wildman–Crippen MR) is 89.9 cm³/mol. The van der Waals surface area contributed by atoms with E-state index in [1.165, 1.54) is 11.3 Å².